The predicted octanol–water partition coefficient (Wildman–Crippen LogP) is -1.04. The third-order valence-electron chi connectivity index (χ3n) is 1.88. The van der Waals surface area contributed by atoms with Gasteiger partial charge >= 0.3 is 28.9 Å². The van der Waals surface area contributed by atoms with Crippen LogP contribution in [0.3, 0.4) is 0 Å². The molecule has 1 aromatic carbocycles. The first-order chi connectivity index (χ1) is 7.61. The molecule has 0 amide bonds. The summed E-state index contributed by atoms with van der Waals surface area (Å²) in [4.78, 5) is 4.19. The molecule has 0 atom stereocenters. The van der Waals surface area contributed by atoms with Crippen molar-refractivity contribution in [2.24, 2.45) is 0 Å². The van der Waals surface area contributed by atoms with E-state index in [4.69, 9.17) is 18.6 Å². The number of nitrogens with zero attached hydrogens (tertiary/aromatic N) is 2. The molecule has 0 saturated heterocycles. The first-order valence-electron chi connectivity index (χ1n) is 4.72. The van der Waals surface area contributed by atoms with Gasteiger partial charge in [-0.3, -0.25) is 0 Å². The van der Waals surface area contributed by atoms with Crippen molar-refractivity contribution in [3.63, 3.8) is 0 Å². The van der Waals surface area contributed by atoms with Gasteiger partial charge in [0.05, 0.1) is 0 Å². The molecule has 0 aliphatic heterocycles. The molecule has 6 nitrogen and oxygen atoms in total. The number of anilines is 2. The van der Waals surface area contributed by atoms with E-state index in [1.54, 1.807) is 0 Å². The van der Waals surface area contributed by atoms with Gasteiger partial charge < -0.3 is 9.80 Å². The van der Waals surface area contributed by atoms with Crippen LogP contribution in [0, 0.1) is 10.2 Å². The zero-order chi connectivity index (χ0) is 13.6. The molecule has 7 heteroatoms. The van der Waals surface area contributed by atoms with Crippen LogP contribution in [0.4, 0.5) is 11.4 Å². The molecule has 1 rings (SSSR count). The van der Waals surface area contributed by atoms with E-state index in [0.29, 0.717) is 0 Å². The number of rotatable bonds is 2. The van der Waals surface area contributed by atoms with Gasteiger partial charge in [0.25, 0.3) is 0 Å². The van der Waals surface area contributed by atoms with Crippen LogP contribution in [-0.4, -0.2) is 42.2 Å². The van der Waals surface area contributed by atoms with Crippen molar-refractivity contribution in [1.29, 1.82) is 0 Å². The van der Waals surface area contributed by atoms with E-state index in [1.807, 2.05) is 28.2 Å². The van der Waals surface area contributed by atoms with Crippen molar-refractivity contribution in [3.05, 3.63) is 24.3 Å². The summed E-state index contributed by atoms with van der Waals surface area (Å²) in [6.45, 7) is 0. The Kier molecular flexibility index (Phi) is 6.22. The Labute approximate surface area is 103 Å². The molecular formula is C10H19ClN2O4. The van der Waals surface area contributed by atoms with Crippen molar-refractivity contribution in [2.45, 2.75) is 0 Å². The van der Waals surface area contributed by atoms with E-state index in [9.17, 15) is 0 Å². The number of benzene rings is 1. The maximum absolute atomic E-state index is 8.83. The minimum atomic E-state index is -4.19. The Morgan fingerprint density at radius 2 is 1.00 bits per heavy atom. The summed E-state index contributed by atoms with van der Waals surface area (Å²) in [5, 5.41) is 0. The van der Waals surface area contributed by atoms with Crippen LogP contribution >= 0.6 is 0 Å². The van der Waals surface area contributed by atoms with Crippen LogP contribution in [0.1, 0.15) is 0 Å². The summed E-state index contributed by atoms with van der Waals surface area (Å²) in [6, 6.07) is 8.48. The summed E-state index contributed by atoms with van der Waals surface area (Å²) in [5.74, 6) is 0. The van der Waals surface area contributed by atoms with Gasteiger partial charge in [0, 0.05) is 39.6 Å². The molecular weight excluding hydrogens is 248 g/mol. The average Bonchev–Trinajstić information content (AvgIpc) is 2.15. The van der Waals surface area contributed by atoms with Crippen molar-refractivity contribution < 1.29 is 28.9 Å². The molecule has 0 fully saturated rings. The van der Waals surface area contributed by atoms with Crippen molar-refractivity contribution >= 4 is 11.4 Å². The predicted molar refractivity (Wildman–Crippen MR) is 61.8 cm³/mol. The molecule has 100 valence electrons. The molecule has 0 spiro atoms. The second-order valence-electron chi connectivity index (χ2n) is 3.74. The van der Waals surface area contributed by atoms with Gasteiger partial charge in [-0.05, 0) is 24.3 Å². The Balaban J connectivity index is 0.000000437. The van der Waals surface area contributed by atoms with Gasteiger partial charge in [-0.15, -0.1) is 0 Å². The zero-order valence-electron chi connectivity index (χ0n) is 10.3. The van der Waals surface area contributed by atoms with Gasteiger partial charge in [-0.2, -0.15) is 0 Å². The van der Waals surface area contributed by atoms with Crippen molar-refractivity contribution in [2.75, 3.05) is 38.0 Å². The molecule has 0 heterocycles. The molecule has 1 aromatic rings. The maximum atomic E-state index is 8.83. The fraction of sp³-hybridized carbons (Fsp3) is 0.400. The van der Waals surface area contributed by atoms with Crippen LogP contribution < -0.4 is 14.5 Å². The molecule has 0 radical (unpaired) electrons. The van der Waals surface area contributed by atoms with E-state index in [1.165, 1.54) is 11.4 Å². The number of halogens is 1. The fourth-order valence-corrected chi connectivity index (χ4v) is 1.05. The van der Waals surface area contributed by atoms with E-state index < -0.39 is 10.2 Å². The van der Waals surface area contributed by atoms with Crippen LogP contribution in [0.2, 0.25) is 0 Å². The quantitative estimate of drug-likeness (QED) is 0.634. The molecule has 17 heavy (non-hydrogen) atoms. The van der Waals surface area contributed by atoms with Gasteiger partial charge in [0.1, 0.15) is 0 Å². The SMILES string of the molecule is CN(C)c1ccc(N(C)C)cc1.[O-][Cl+](O)(O)O. The van der Waals surface area contributed by atoms with Crippen LogP contribution in [0.5, 0.6) is 0 Å². The van der Waals surface area contributed by atoms with Crippen LogP contribution in [-0.2, 0) is 0 Å². The van der Waals surface area contributed by atoms with Crippen LogP contribution in [0.25, 0.3) is 0 Å². The Morgan fingerprint density at radius 3 is 1.12 bits per heavy atom. The Hall–Kier alpha value is -1.05. The second kappa shape index (κ2) is 6.63. The van der Waals surface area contributed by atoms with Gasteiger partial charge in [-0.1, -0.05) is 0 Å². The summed E-state index contributed by atoms with van der Waals surface area (Å²) in [5.41, 5.74) is 2.47. The van der Waals surface area contributed by atoms with E-state index in [-0.39, 0.29) is 0 Å². The molecule has 0 saturated carbocycles. The summed E-state index contributed by atoms with van der Waals surface area (Å²) < 4.78 is 30.2. The Bertz CT molecular complexity index is 289. The first kappa shape index (κ1) is 16.0. The van der Waals surface area contributed by atoms with Gasteiger partial charge in [0.2, 0.25) is 0 Å². The van der Waals surface area contributed by atoms with Crippen molar-refractivity contribution in [1.82, 2.24) is 0 Å². The molecule has 0 aliphatic rings. The van der Waals surface area contributed by atoms with Gasteiger partial charge in [0.15, 0.2) is 0 Å². The second-order valence-corrected chi connectivity index (χ2v) is 4.61. The average molecular weight is 267 g/mol. The fourth-order valence-electron chi connectivity index (χ4n) is 1.05. The molecule has 0 aliphatic carbocycles. The molecule has 0 unspecified atom stereocenters. The van der Waals surface area contributed by atoms with E-state index in [2.05, 4.69) is 34.1 Å². The first-order valence-corrected chi connectivity index (χ1v) is 6.04. The number of hydrogen-bond acceptors (Lipinski definition) is 6. The van der Waals surface area contributed by atoms with Crippen molar-refractivity contribution in [3.8, 4) is 0 Å². The monoisotopic (exact) mass is 266 g/mol. The summed E-state index contributed by atoms with van der Waals surface area (Å²) in [6.07, 6.45) is 0. The van der Waals surface area contributed by atoms with Crippen LogP contribution in [0.15, 0.2) is 24.3 Å². The number of hydrogen-bond donors (Lipinski definition) is 3. The Morgan fingerprint density at radius 1 is 0.824 bits per heavy atom. The van der Waals surface area contributed by atoms with E-state index >= 15 is 0 Å². The standard InChI is InChI=1S/C10H16N2.ClH3O4/c1-11(2)9-5-7-10(8-6-9)12(3)4;2-1(3,4)5/h5-8H,1-4H3;2-4H. The van der Waals surface area contributed by atoms with E-state index in [0.717, 1.165) is 0 Å². The molecule has 3 N–H and O–H groups in total. The topological polar surface area (TPSA) is 90.2 Å². The molecule has 0 bridgehead atoms. The summed E-state index contributed by atoms with van der Waals surface area (Å²) in [7, 11) is 3.99. The third-order valence-corrected chi connectivity index (χ3v) is 1.88. The summed E-state index contributed by atoms with van der Waals surface area (Å²) >= 11 is 0. The normalized spacial score (nSPS) is 11.3. The molecule has 0 aromatic heterocycles. The minimum absolute atomic E-state index is 1.24. The third kappa shape index (κ3) is 8.73. The van der Waals surface area contributed by atoms with Gasteiger partial charge in [-0.25, -0.2) is 0 Å². The zero-order valence-corrected chi connectivity index (χ0v) is 11.1.